The Bertz CT molecular complexity index is 342. The van der Waals surface area contributed by atoms with Crippen LogP contribution in [0.15, 0.2) is 24.3 Å². The normalized spacial score (nSPS) is 16.0. The Hall–Kier alpha value is -1.02. The van der Waals surface area contributed by atoms with Crippen LogP contribution in [-0.4, -0.2) is 17.5 Å². The molecule has 2 heteroatoms. The Labute approximate surface area is 98.4 Å². The van der Waals surface area contributed by atoms with Gasteiger partial charge in [0.2, 0.25) is 0 Å². The molecule has 0 unspecified atom stereocenters. The molecule has 88 valence electrons. The zero-order valence-corrected chi connectivity index (χ0v) is 10.3. The lowest BCUT2D eigenvalue weighted by Crippen LogP contribution is -2.29. The predicted octanol–water partition coefficient (Wildman–Crippen LogP) is 2.89. The van der Waals surface area contributed by atoms with Crippen LogP contribution in [0.1, 0.15) is 32.3 Å². The standard InChI is InChI=1S/C14H22N2/c1-11(2)9-16(13-7-8-13)10-12-5-3-4-6-14(12)15/h3-6,11,13H,7-10,15H2,1-2H3. The number of hydrogen-bond acceptors (Lipinski definition) is 2. The molecular formula is C14H22N2. The Kier molecular flexibility index (Phi) is 3.49. The summed E-state index contributed by atoms with van der Waals surface area (Å²) >= 11 is 0. The molecule has 0 saturated heterocycles. The van der Waals surface area contributed by atoms with E-state index >= 15 is 0 Å². The summed E-state index contributed by atoms with van der Waals surface area (Å²) in [6.07, 6.45) is 2.72. The van der Waals surface area contributed by atoms with Crippen LogP contribution in [0.2, 0.25) is 0 Å². The number of rotatable bonds is 5. The minimum Gasteiger partial charge on any atom is -0.398 e. The molecule has 1 fully saturated rings. The first-order valence-electron chi connectivity index (χ1n) is 6.24. The molecule has 1 aromatic rings. The van der Waals surface area contributed by atoms with E-state index in [-0.39, 0.29) is 0 Å². The van der Waals surface area contributed by atoms with Gasteiger partial charge in [0, 0.05) is 24.8 Å². The molecule has 0 radical (unpaired) electrons. The van der Waals surface area contributed by atoms with Crippen LogP contribution in [0.3, 0.4) is 0 Å². The molecule has 0 aromatic heterocycles. The first-order chi connectivity index (χ1) is 7.66. The minimum absolute atomic E-state index is 0.727. The molecule has 1 saturated carbocycles. The zero-order valence-electron chi connectivity index (χ0n) is 10.3. The van der Waals surface area contributed by atoms with Crippen LogP contribution >= 0.6 is 0 Å². The van der Waals surface area contributed by atoms with E-state index in [9.17, 15) is 0 Å². The summed E-state index contributed by atoms with van der Waals surface area (Å²) in [5, 5.41) is 0. The van der Waals surface area contributed by atoms with Crippen LogP contribution in [-0.2, 0) is 6.54 Å². The van der Waals surface area contributed by atoms with Crippen LogP contribution in [0.5, 0.6) is 0 Å². The van der Waals surface area contributed by atoms with Gasteiger partial charge in [0.1, 0.15) is 0 Å². The van der Waals surface area contributed by atoms with Gasteiger partial charge in [-0.25, -0.2) is 0 Å². The molecule has 0 spiro atoms. The summed E-state index contributed by atoms with van der Waals surface area (Å²) in [7, 11) is 0. The number of anilines is 1. The van der Waals surface area contributed by atoms with Crippen LogP contribution in [0.25, 0.3) is 0 Å². The summed E-state index contributed by atoms with van der Waals surface area (Å²) in [6, 6.07) is 9.03. The number of nitrogens with zero attached hydrogens (tertiary/aromatic N) is 1. The Morgan fingerprint density at radius 1 is 1.31 bits per heavy atom. The van der Waals surface area contributed by atoms with Gasteiger partial charge < -0.3 is 5.73 Å². The zero-order chi connectivity index (χ0) is 11.5. The van der Waals surface area contributed by atoms with Crippen molar-refractivity contribution in [1.82, 2.24) is 4.90 Å². The SMILES string of the molecule is CC(C)CN(Cc1ccccc1N)C1CC1. The molecule has 0 atom stereocenters. The summed E-state index contributed by atoms with van der Waals surface area (Å²) in [5.74, 6) is 0.727. The minimum atomic E-state index is 0.727. The Balaban J connectivity index is 2.02. The van der Waals surface area contributed by atoms with Gasteiger partial charge in [0.15, 0.2) is 0 Å². The van der Waals surface area contributed by atoms with Crippen molar-refractivity contribution in [2.45, 2.75) is 39.3 Å². The quantitative estimate of drug-likeness (QED) is 0.770. The number of para-hydroxylation sites is 1. The number of hydrogen-bond donors (Lipinski definition) is 1. The molecule has 2 rings (SSSR count). The van der Waals surface area contributed by atoms with Gasteiger partial charge in [-0.15, -0.1) is 0 Å². The Morgan fingerprint density at radius 2 is 2.00 bits per heavy atom. The molecule has 0 heterocycles. The van der Waals surface area contributed by atoms with E-state index in [2.05, 4.69) is 30.9 Å². The summed E-state index contributed by atoms with van der Waals surface area (Å²) in [5.41, 5.74) is 8.19. The number of nitrogens with two attached hydrogens (primary N) is 1. The lowest BCUT2D eigenvalue weighted by molar-refractivity contribution is 0.226. The van der Waals surface area contributed by atoms with Gasteiger partial charge in [0.25, 0.3) is 0 Å². The van der Waals surface area contributed by atoms with Crippen LogP contribution in [0.4, 0.5) is 5.69 Å². The van der Waals surface area contributed by atoms with Crippen molar-refractivity contribution < 1.29 is 0 Å². The van der Waals surface area contributed by atoms with E-state index < -0.39 is 0 Å². The third kappa shape index (κ3) is 2.99. The van der Waals surface area contributed by atoms with E-state index in [1.165, 1.54) is 24.9 Å². The molecule has 1 aliphatic rings. The van der Waals surface area contributed by atoms with Crippen molar-refractivity contribution in [3.05, 3.63) is 29.8 Å². The van der Waals surface area contributed by atoms with Crippen molar-refractivity contribution in [2.75, 3.05) is 12.3 Å². The second kappa shape index (κ2) is 4.88. The van der Waals surface area contributed by atoms with Crippen molar-refractivity contribution in [1.29, 1.82) is 0 Å². The molecular weight excluding hydrogens is 196 g/mol. The van der Waals surface area contributed by atoms with E-state index in [0.29, 0.717) is 0 Å². The smallest absolute Gasteiger partial charge is 0.0359 e. The second-order valence-electron chi connectivity index (χ2n) is 5.25. The second-order valence-corrected chi connectivity index (χ2v) is 5.25. The molecule has 1 aliphatic carbocycles. The van der Waals surface area contributed by atoms with Crippen molar-refractivity contribution in [2.24, 2.45) is 5.92 Å². The van der Waals surface area contributed by atoms with Crippen LogP contribution < -0.4 is 5.73 Å². The molecule has 0 bridgehead atoms. The fraction of sp³-hybridized carbons (Fsp3) is 0.571. The lowest BCUT2D eigenvalue weighted by atomic mass is 10.1. The maximum Gasteiger partial charge on any atom is 0.0359 e. The van der Waals surface area contributed by atoms with Crippen molar-refractivity contribution >= 4 is 5.69 Å². The first kappa shape index (κ1) is 11.5. The largest absolute Gasteiger partial charge is 0.398 e. The number of nitrogen functional groups attached to an aromatic ring is 1. The molecule has 2 N–H and O–H groups in total. The van der Waals surface area contributed by atoms with Gasteiger partial charge >= 0.3 is 0 Å². The average Bonchev–Trinajstić information content (AvgIpc) is 3.03. The highest BCUT2D eigenvalue weighted by molar-refractivity contribution is 5.46. The van der Waals surface area contributed by atoms with Crippen molar-refractivity contribution in [3.8, 4) is 0 Å². The van der Waals surface area contributed by atoms with Gasteiger partial charge in [-0.05, 0) is 30.4 Å². The summed E-state index contributed by atoms with van der Waals surface area (Å²) in [4.78, 5) is 2.58. The highest BCUT2D eigenvalue weighted by Gasteiger charge is 2.29. The monoisotopic (exact) mass is 218 g/mol. The Morgan fingerprint density at radius 3 is 2.56 bits per heavy atom. The highest BCUT2D eigenvalue weighted by atomic mass is 15.2. The highest BCUT2D eigenvalue weighted by Crippen LogP contribution is 2.29. The maximum absolute atomic E-state index is 5.99. The van der Waals surface area contributed by atoms with Gasteiger partial charge in [0.05, 0.1) is 0 Å². The van der Waals surface area contributed by atoms with Gasteiger partial charge in [-0.1, -0.05) is 32.0 Å². The molecule has 0 amide bonds. The van der Waals surface area contributed by atoms with Crippen molar-refractivity contribution in [3.63, 3.8) is 0 Å². The first-order valence-corrected chi connectivity index (χ1v) is 6.24. The van der Waals surface area contributed by atoms with Gasteiger partial charge in [-0.2, -0.15) is 0 Å². The fourth-order valence-electron chi connectivity index (χ4n) is 2.15. The predicted molar refractivity (Wildman–Crippen MR) is 69.1 cm³/mol. The maximum atomic E-state index is 5.99. The van der Waals surface area contributed by atoms with E-state index in [1.807, 2.05) is 12.1 Å². The fourth-order valence-corrected chi connectivity index (χ4v) is 2.15. The van der Waals surface area contributed by atoms with E-state index in [0.717, 1.165) is 24.2 Å². The molecule has 2 nitrogen and oxygen atoms in total. The van der Waals surface area contributed by atoms with E-state index in [1.54, 1.807) is 0 Å². The number of benzene rings is 1. The van der Waals surface area contributed by atoms with E-state index in [4.69, 9.17) is 5.73 Å². The van der Waals surface area contributed by atoms with Gasteiger partial charge in [-0.3, -0.25) is 4.90 Å². The topological polar surface area (TPSA) is 29.3 Å². The summed E-state index contributed by atoms with van der Waals surface area (Å²) < 4.78 is 0. The molecule has 16 heavy (non-hydrogen) atoms. The van der Waals surface area contributed by atoms with Crippen LogP contribution in [0, 0.1) is 5.92 Å². The lowest BCUT2D eigenvalue weighted by Gasteiger charge is -2.24. The third-order valence-corrected chi connectivity index (χ3v) is 3.09. The average molecular weight is 218 g/mol. The molecule has 0 aliphatic heterocycles. The summed E-state index contributed by atoms with van der Waals surface area (Å²) in [6.45, 7) is 6.75. The molecule has 1 aromatic carbocycles. The third-order valence-electron chi connectivity index (χ3n) is 3.09.